The molecule has 0 atom stereocenters. The van der Waals surface area contributed by atoms with Crippen LogP contribution in [0.1, 0.15) is 6.92 Å². The van der Waals surface area contributed by atoms with Gasteiger partial charge in [0, 0.05) is 6.92 Å². The molecule has 0 aromatic rings. The van der Waals surface area contributed by atoms with E-state index in [1.54, 1.807) is 6.34 Å². The summed E-state index contributed by atoms with van der Waals surface area (Å²) in [5, 5.41) is 6.16. The second-order valence-corrected chi connectivity index (χ2v) is 0.821. The molecule has 39 valence electrons. The van der Waals surface area contributed by atoms with Gasteiger partial charge in [0.15, 0.2) is 6.34 Å². The Bertz CT molecular complexity index is 81.0. The van der Waals surface area contributed by atoms with Crippen molar-refractivity contribution in [2.75, 3.05) is 0 Å². The molecule has 0 saturated heterocycles. The van der Waals surface area contributed by atoms with Gasteiger partial charge in [-0.3, -0.25) is 10.2 Å². The minimum absolute atomic E-state index is 0.486. The second kappa shape index (κ2) is 3.14. The van der Waals surface area contributed by atoms with Crippen molar-refractivity contribution in [1.29, 1.82) is 5.41 Å². The van der Waals surface area contributed by atoms with E-state index in [1.165, 1.54) is 6.92 Å². The molecule has 0 aromatic heterocycles. The Kier molecular flexibility index (Phi) is 2.67. The van der Waals surface area contributed by atoms with E-state index in [9.17, 15) is 4.79 Å². The van der Waals surface area contributed by atoms with E-state index >= 15 is 0 Å². The lowest BCUT2D eigenvalue weighted by Crippen LogP contribution is -2.14. The van der Waals surface area contributed by atoms with Gasteiger partial charge in [-0.15, -0.1) is 0 Å². The van der Waals surface area contributed by atoms with Crippen LogP contribution in [0.3, 0.4) is 0 Å². The van der Waals surface area contributed by atoms with E-state index in [0.717, 1.165) is 0 Å². The molecule has 0 saturated carbocycles. The fourth-order valence-electron chi connectivity index (χ4n) is 0.0974. The first kappa shape index (κ1) is 5.94. The first-order valence-corrected chi connectivity index (χ1v) is 1.61. The summed E-state index contributed by atoms with van der Waals surface area (Å²) in [6.07, 6.45) is 1.66. The molecule has 0 rings (SSSR count). The number of carbonyl (C=O) groups is 1. The van der Waals surface area contributed by atoms with Crippen LogP contribution in [0.4, 0.5) is 0 Å². The first-order chi connectivity index (χ1) is 3.27. The van der Waals surface area contributed by atoms with Gasteiger partial charge in [0.1, 0.15) is 0 Å². The molecular formula is C3H5N2O2. The topological polar surface area (TPSA) is 62.2 Å². The van der Waals surface area contributed by atoms with Crippen molar-refractivity contribution in [2.24, 2.45) is 0 Å². The van der Waals surface area contributed by atoms with Gasteiger partial charge >= 0.3 is 5.97 Å². The second-order valence-electron chi connectivity index (χ2n) is 0.821. The molecule has 0 bridgehead atoms. The van der Waals surface area contributed by atoms with Crippen LogP contribution >= 0.6 is 0 Å². The number of hydrogen-bond acceptors (Lipinski definition) is 3. The lowest BCUT2D eigenvalue weighted by Gasteiger charge is -1.91. The Morgan fingerprint density at radius 1 is 2.00 bits per heavy atom. The van der Waals surface area contributed by atoms with E-state index in [4.69, 9.17) is 5.41 Å². The maximum Gasteiger partial charge on any atom is 0.329 e. The largest absolute Gasteiger partial charge is 0.342 e. The highest BCUT2D eigenvalue weighted by Crippen LogP contribution is 1.61. The van der Waals surface area contributed by atoms with Crippen molar-refractivity contribution < 1.29 is 9.63 Å². The molecule has 0 aliphatic rings. The molecule has 0 amide bonds. The Hall–Kier alpha value is -1.06. The predicted molar refractivity (Wildman–Crippen MR) is 22.6 cm³/mol. The molecular weight excluding hydrogens is 96.0 g/mol. The SMILES string of the molecule is CC(=O)ON[C]=N. The van der Waals surface area contributed by atoms with Crippen LogP contribution in [-0.2, 0) is 9.63 Å². The maximum atomic E-state index is 9.79. The zero-order valence-corrected chi connectivity index (χ0v) is 3.82. The van der Waals surface area contributed by atoms with Crippen molar-refractivity contribution >= 4 is 12.3 Å². The summed E-state index contributed by atoms with van der Waals surface area (Å²) in [6.45, 7) is 1.23. The minimum Gasteiger partial charge on any atom is -0.342 e. The van der Waals surface area contributed by atoms with Gasteiger partial charge in [-0.05, 0) is 0 Å². The van der Waals surface area contributed by atoms with Gasteiger partial charge in [0.2, 0.25) is 0 Å². The minimum atomic E-state index is -0.486. The third-order valence-corrected chi connectivity index (χ3v) is 0.246. The zero-order chi connectivity index (χ0) is 5.70. The van der Waals surface area contributed by atoms with Gasteiger partial charge in [-0.25, -0.2) is 0 Å². The molecule has 0 heterocycles. The number of hydrogen-bond donors (Lipinski definition) is 2. The van der Waals surface area contributed by atoms with Gasteiger partial charge in [0.05, 0.1) is 0 Å². The van der Waals surface area contributed by atoms with E-state index in [0.29, 0.717) is 0 Å². The van der Waals surface area contributed by atoms with E-state index < -0.39 is 5.97 Å². The van der Waals surface area contributed by atoms with Gasteiger partial charge in [-0.1, -0.05) is 0 Å². The fraction of sp³-hybridized carbons (Fsp3) is 0.333. The van der Waals surface area contributed by atoms with Crippen LogP contribution in [0, 0.1) is 5.41 Å². The van der Waals surface area contributed by atoms with E-state index in [2.05, 4.69) is 4.84 Å². The highest BCUT2D eigenvalue weighted by atomic mass is 16.7. The summed E-state index contributed by atoms with van der Waals surface area (Å²) in [6, 6.07) is 0. The molecule has 4 nitrogen and oxygen atoms in total. The zero-order valence-electron chi connectivity index (χ0n) is 3.82. The van der Waals surface area contributed by atoms with Crippen LogP contribution in [0.5, 0.6) is 0 Å². The summed E-state index contributed by atoms with van der Waals surface area (Å²) in [5.74, 6) is -0.486. The summed E-state index contributed by atoms with van der Waals surface area (Å²) in [4.78, 5) is 13.8. The average molecular weight is 101 g/mol. The summed E-state index contributed by atoms with van der Waals surface area (Å²) in [5.41, 5.74) is 1.81. The van der Waals surface area contributed by atoms with Crippen molar-refractivity contribution in [2.45, 2.75) is 6.92 Å². The average Bonchev–Trinajstić information content (AvgIpc) is 1.61. The van der Waals surface area contributed by atoms with Crippen LogP contribution in [0.2, 0.25) is 0 Å². The summed E-state index contributed by atoms with van der Waals surface area (Å²) < 4.78 is 0. The number of nitrogens with one attached hydrogen (secondary N) is 2. The first-order valence-electron chi connectivity index (χ1n) is 1.61. The smallest absolute Gasteiger partial charge is 0.329 e. The maximum absolute atomic E-state index is 9.79. The van der Waals surface area contributed by atoms with Crippen LogP contribution in [-0.4, -0.2) is 12.3 Å². The standard InChI is InChI=1S/C3H5N2O2/c1-3(6)7-5-2-4/h1H3,(H2,4,5). The van der Waals surface area contributed by atoms with E-state index in [1.807, 2.05) is 5.48 Å². The number of carbonyl (C=O) groups excluding carboxylic acids is 1. The molecule has 4 heteroatoms. The number of rotatable bonds is 2. The van der Waals surface area contributed by atoms with Crippen LogP contribution in [0.15, 0.2) is 0 Å². The Morgan fingerprint density at radius 2 is 2.57 bits per heavy atom. The predicted octanol–water partition coefficient (Wildman–Crippen LogP) is -0.462. The summed E-state index contributed by atoms with van der Waals surface area (Å²) >= 11 is 0. The number of hydroxylamine groups is 1. The normalized spacial score (nSPS) is 7.00. The Balaban J connectivity index is 2.97. The quantitative estimate of drug-likeness (QED) is 0.214. The lowest BCUT2D eigenvalue weighted by atomic mass is 10.8. The van der Waals surface area contributed by atoms with Gasteiger partial charge in [-0.2, -0.15) is 5.48 Å². The van der Waals surface area contributed by atoms with E-state index in [-0.39, 0.29) is 0 Å². The molecule has 0 aliphatic carbocycles. The van der Waals surface area contributed by atoms with Crippen molar-refractivity contribution in [1.82, 2.24) is 5.48 Å². The molecule has 2 N–H and O–H groups in total. The molecule has 0 aliphatic heterocycles. The summed E-state index contributed by atoms with van der Waals surface area (Å²) in [7, 11) is 0. The van der Waals surface area contributed by atoms with Crippen molar-refractivity contribution in [3.63, 3.8) is 0 Å². The molecule has 0 aromatic carbocycles. The van der Waals surface area contributed by atoms with Crippen molar-refractivity contribution in [3.05, 3.63) is 0 Å². The van der Waals surface area contributed by atoms with Crippen LogP contribution < -0.4 is 5.48 Å². The Labute approximate surface area is 40.9 Å². The third kappa shape index (κ3) is 4.94. The van der Waals surface area contributed by atoms with Crippen molar-refractivity contribution in [3.8, 4) is 0 Å². The molecule has 7 heavy (non-hydrogen) atoms. The highest BCUT2D eigenvalue weighted by Gasteiger charge is 1.84. The Morgan fingerprint density at radius 3 is 2.71 bits per heavy atom. The lowest BCUT2D eigenvalue weighted by molar-refractivity contribution is -0.144. The molecule has 0 fully saturated rings. The van der Waals surface area contributed by atoms with Crippen LogP contribution in [0.25, 0.3) is 0 Å². The third-order valence-electron chi connectivity index (χ3n) is 0.246. The molecule has 0 spiro atoms. The molecule has 0 unspecified atom stereocenters. The fourth-order valence-corrected chi connectivity index (χ4v) is 0.0974. The van der Waals surface area contributed by atoms with Gasteiger partial charge in [0.25, 0.3) is 0 Å². The monoisotopic (exact) mass is 101 g/mol. The molecule has 1 radical (unpaired) electrons. The van der Waals surface area contributed by atoms with Gasteiger partial charge < -0.3 is 4.84 Å². The highest BCUT2D eigenvalue weighted by molar-refractivity contribution is 5.67.